The molecule has 108 valence electrons. The van der Waals surface area contributed by atoms with E-state index in [1.54, 1.807) is 0 Å². The molecule has 0 fully saturated rings. The number of hydrogen-bond donors (Lipinski definition) is 2. The molecule has 1 atom stereocenters. The lowest BCUT2D eigenvalue weighted by atomic mass is 10.0. The third-order valence-corrected chi connectivity index (χ3v) is 4.00. The van der Waals surface area contributed by atoms with Crippen LogP contribution in [0, 0.1) is 6.92 Å². The van der Waals surface area contributed by atoms with E-state index in [0.717, 1.165) is 29.8 Å². The standard InChI is InChI=1S/C18H20N2O/c1-12-3-5-14(6-4-12)13(2)20-18(21)16-7-8-17-15(11-16)9-10-19-17/h3-8,11,13,19H,9-10H2,1-2H3,(H,20,21). The Morgan fingerprint density at radius 1 is 1.19 bits per heavy atom. The molecule has 2 aromatic carbocycles. The highest BCUT2D eigenvalue weighted by molar-refractivity contribution is 5.95. The monoisotopic (exact) mass is 280 g/mol. The van der Waals surface area contributed by atoms with Gasteiger partial charge in [-0.3, -0.25) is 4.79 Å². The summed E-state index contributed by atoms with van der Waals surface area (Å²) in [4.78, 5) is 12.4. The number of nitrogens with one attached hydrogen (secondary N) is 2. The van der Waals surface area contributed by atoms with Crippen LogP contribution in [0.1, 0.15) is 40.0 Å². The highest BCUT2D eigenvalue weighted by atomic mass is 16.1. The topological polar surface area (TPSA) is 41.1 Å². The van der Waals surface area contributed by atoms with E-state index in [2.05, 4.69) is 41.8 Å². The van der Waals surface area contributed by atoms with Gasteiger partial charge in [0, 0.05) is 17.8 Å². The van der Waals surface area contributed by atoms with E-state index >= 15 is 0 Å². The lowest BCUT2D eigenvalue weighted by Gasteiger charge is -2.15. The van der Waals surface area contributed by atoms with Gasteiger partial charge in [0.2, 0.25) is 0 Å². The van der Waals surface area contributed by atoms with Crippen LogP contribution in [0.15, 0.2) is 42.5 Å². The minimum atomic E-state index is -0.0159. The molecule has 0 aromatic heterocycles. The van der Waals surface area contributed by atoms with Crippen molar-refractivity contribution in [1.29, 1.82) is 0 Å². The minimum absolute atomic E-state index is 0.00415. The number of carbonyl (C=O) groups is 1. The van der Waals surface area contributed by atoms with E-state index in [4.69, 9.17) is 0 Å². The van der Waals surface area contributed by atoms with Gasteiger partial charge in [-0.05, 0) is 49.6 Å². The van der Waals surface area contributed by atoms with Crippen molar-refractivity contribution in [2.75, 3.05) is 11.9 Å². The summed E-state index contributed by atoms with van der Waals surface area (Å²) in [5.74, 6) is -0.0159. The van der Waals surface area contributed by atoms with Crippen LogP contribution in [0.25, 0.3) is 0 Å². The smallest absolute Gasteiger partial charge is 0.251 e. The normalized spacial score (nSPS) is 14.2. The SMILES string of the molecule is Cc1ccc(C(C)NC(=O)c2ccc3c(c2)CCN3)cc1. The highest BCUT2D eigenvalue weighted by Gasteiger charge is 2.15. The summed E-state index contributed by atoms with van der Waals surface area (Å²) in [6.07, 6.45) is 0.990. The maximum atomic E-state index is 12.4. The molecule has 1 aliphatic heterocycles. The first-order valence-corrected chi connectivity index (χ1v) is 7.38. The zero-order valence-corrected chi connectivity index (χ0v) is 12.4. The Morgan fingerprint density at radius 2 is 1.95 bits per heavy atom. The predicted molar refractivity (Wildman–Crippen MR) is 85.7 cm³/mol. The Kier molecular flexibility index (Phi) is 3.65. The molecule has 0 bridgehead atoms. The zero-order chi connectivity index (χ0) is 14.8. The third kappa shape index (κ3) is 2.92. The van der Waals surface area contributed by atoms with Crippen molar-refractivity contribution in [3.8, 4) is 0 Å². The number of fused-ring (bicyclic) bond motifs is 1. The number of rotatable bonds is 3. The summed E-state index contributed by atoms with van der Waals surface area (Å²) in [5, 5.41) is 6.37. The maximum Gasteiger partial charge on any atom is 0.251 e. The molecule has 21 heavy (non-hydrogen) atoms. The van der Waals surface area contributed by atoms with Gasteiger partial charge >= 0.3 is 0 Å². The van der Waals surface area contributed by atoms with Crippen LogP contribution in [-0.4, -0.2) is 12.5 Å². The second-order valence-electron chi connectivity index (χ2n) is 5.65. The first kappa shape index (κ1) is 13.7. The van der Waals surface area contributed by atoms with Crippen LogP contribution >= 0.6 is 0 Å². The number of aryl methyl sites for hydroxylation is 1. The minimum Gasteiger partial charge on any atom is -0.384 e. The number of hydrogen-bond acceptors (Lipinski definition) is 2. The average molecular weight is 280 g/mol. The zero-order valence-electron chi connectivity index (χ0n) is 12.4. The van der Waals surface area contributed by atoms with Crippen molar-refractivity contribution in [2.24, 2.45) is 0 Å². The molecular weight excluding hydrogens is 260 g/mol. The Morgan fingerprint density at radius 3 is 2.71 bits per heavy atom. The summed E-state index contributed by atoms with van der Waals surface area (Å²) in [5.41, 5.74) is 5.46. The number of benzene rings is 2. The van der Waals surface area contributed by atoms with Crippen molar-refractivity contribution in [3.05, 3.63) is 64.7 Å². The number of carbonyl (C=O) groups excluding carboxylic acids is 1. The molecule has 1 aliphatic rings. The van der Waals surface area contributed by atoms with Crippen molar-refractivity contribution >= 4 is 11.6 Å². The van der Waals surface area contributed by atoms with Gasteiger partial charge in [0.15, 0.2) is 0 Å². The molecule has 0 saturated carbocycles. The molecule has 2 N–H and O–H groups in total. The van der Waals surface area contributed by atoms with Crippen LogP contribution in [0.2, 0.25) is 0 Å². The lowest BCUT2D eigenvalue weighted by Crippen LogP contribution is -2.26. The molecular formula is C18H20N2O. The Bertz CT molecular complexity index is 661. The van der Waals surface area contributed by atoms with E-state index in [1.165, 1.54) is 11.1 Å². The van der Waals surface area contributed by atoms with E-state index in [1.807, 2.05) is 25.1 Å². The summed E-state index contributed by atoms with van der Waals surface area (Å²) >= 11 is 0. The fraction of sp³-hybridized carbons (Fsp3) is 0.278. The third-order valence-electron chi connectivity index (χ3n) is 4.00. The van der Waals surface area contributed by atoms with Crippen LogP contribution in [0.4, 0.5) is 5.69 Å². The summed E-state index contributed by atoms with van der Waals surface area (Å²) in [6, 6.07) is 14.1. The second kappa shape index (κ2) is 5.60. The van der Waals surface area contributed by atoms with E-state index < -0.39 is 0 Å². The highest BCUT2D eigenvalue weighted by Crippen LogP contribution is 2.23. The van der Waals surface area contributed by atoms with Crippen molar-refractivity contribution in [2.45, 2.75) is 26.3 Å². The van der Waals surface area contributed by atoms with Gasteiger partial charge in [0.25, 0.3) is 5.91 Å². The molecule has 0 radical (unpaired) electrons. The quantitative estimate of drug-likeness (QED) is 0.904. The fourth-order valence-electron chi connectivity index (χ4n) is 2.66. The molecule has 0 aliphatic carbocycles. The molecule has 1 amide bonds. The Labute approximate surface area is 125 Å². The number of amides is 1. The maximum absolute atomic E-state index is 12.4. The molecule has 0 spiro atoms. The Hall–Kier alpha value is -2.29. The summed E-state index contributed by atoms with van der Waals surface area (Å²) < 4.78 is 0. The van der Waals surface area contributed by atoms with E-state index in [0.29, 0.717) is 0 Å². The molecule has 1 heterocycles. The molecule has 3 rings (SSSR count). The molecule has 1 unspecified atom stereocenters. The van der Waals surface area contributed by atoms with Crippen LogP contribution in [-0.2, 0) is 6.42 Å². The molecule has 3 heteroatoms. The van der Waals surface area contributed by atoms with Gasteiger partial charge < -0.3 is 10.6 Å². The second-order valence-corrected chi connectivity index (χ2v) is 5.65. The fourth-order valence-corrected chi connectivity index (χ4v) is 2.66. The first-order chi connectivity index (χ1) is 10.1. The molecule has 3 nitrogen and oxygen atoms in total. The van der Waals surface area contributed by atoms with E-state index in [-0.39, 0.29) is 11.9 Å². The number of anilines is 1. The van der Waals surface area contributed by atoms with Crippen molar-refractivity contribution in [1.82, 2.24) is 5.32 Å². The predicted octanol–water partition coefficient (Wildman–Crippen LogP) is 3.45. The lowest BCUT2D eigenvalue weighted by molar-refractivity contribution is 0.0940. The van der Waals surface area contributed by atoms with Gasteiger partial charge in [0.1, 0.15) is 0 Å². The van der Waals surface area contributed by atoms with Crippen molar-refractivity contribution < 1.29 is 4.79 Å². The van der Waals surface area contributed by atoms with Gasteiger partial charge in [-0.25, -0.2) is 0 Å². The molecule has 0 saturated heterocycles. The van der Waals surface area contributed by atoms with Gasteiger partial charge in [-0.15, -0.1) is 0 Å². The molecule has 2 aromatic rings. The van der Waals surface area contributed by atoms with E-state index in [9.17, 15) is 4.79 Å². The van der Waals surface area contributed by atoms with Crippen LogP contribution < -0.4 is 10.6 Å². The average Bonchev–Trinajstić information content (AvgIpc) is 2.95. The summed E-state index contributed by atoms with van der Waals surface area (Å²) in [6.45, 7) is 5.03. The van der Waals surface area contributed by atoms with Gasteiger partial charge in [-0.1, -0.05) is 29.8 Å². The van der Waals surface area contributed by atoms with Gasteiger partial charge in [-0.2, -0.15) is 0 Å². The summed E-state index contributed by atoms with van der Waals surface area (Å²) in [7, 11) is 0. The van der Waals surface area contributed by atoms with Crippen molar-refractivity contribution in [3.63, 3.8) is 0 Å². The van der Waals surface area contributed by atoms with Crippen LogP contribution in [0.5, 0.6) is 0 Å². The first-order valence-electron chi connectivity index (χ1n) is 7.38. The van der Waals surface area contributed by atoms with Crippen LogP contribution in [0.3, 0.4) is 0 Å². The largest absolute Gasteiger partial charge is 0.384 e. The van der Waals surface area contributed by atoms with Gasteiger partial charge in [0.05, 0.1) is 6.04 Å². The Balaban J connectivity index is 1.72.